The minimum Gasteiger partial charge on any atom is -0.299 e. The van der Waals surface area contributed by atoms with Crippen LogP contribution in [0.2, 0.25) is 10.0 Å². The quantitative estimate of drug-likeness (QED) is 0.544. The zero-order valence-electron chi connectivity index (χ0n) is 8.98. The standard InChI is InChI=1S/C12H14Cl2IN/c13-10-5-4-9(11(14)12(10)15)8-16-6-2-1-3-7-16/h4-5H,1-3,6-8H2. The van der Waals surface area contributed by atoms with Crippen molar-refractivity contribution in [1.29, 1.82) is 0 Å². The molecule has 16 heavy (non-hydrogen) atoms. The Hall–Kier alpha value is 0.490. The highest BCUT2D eigenvalue weighted by Gasteiger charge is 2.14. The first-order valence-corrected chi connectivity index (χ1v) is 7.36. The molecule has 1 heterocycles. The molecule has 1 aromatic carbocycles. The lowest BCUT2D eigenvalue weighted by atomic mass is 10.1. The minimum atomic E-state index is 0.744. The molecule has 0 amide bonds. The summed E-state index contributed by atoms with van der Waals surface area (Å²) in [4.78, 5) is 2.47. The largest absolute Gasteiger partial charge is 0.299 e. The second-order valence-electron chi connectivity index (χ2n) is 4.17. The lowest BCUT2D eigenvalue weighted by molar-refractivity contribution is 0.221. The molecule has 1 nitrogen and oxygen atoms in total. The van der Waals surface area contributed by atoms with E-state index in [1.165, 1.54) is 37.9 Å². The number of halogens is 3. The highest BCUT2D eigenvalue weighted by Crippen LogP contribution is 2.30. The van der Waals surface area contributed by atoms with Crippen LogP contribution in [-0.4, -0.2) is 18.0 Å². The van der Waals surface area contributed by atoms with Crippen LogP contribution in [0.25, 0.3) is 0 Å². The Kier molecular flexibility index (Phi) is 4.76. The van der Waals surface area contributed by atoms with E-state index in [9.17, 15) is 0 Å². The Bertz CT molecular complexity index is 376. The second kappa shape index (κ2) is 5.89. The maximum absolute atomic E-state index is 6.30. The van der Waals surface area contributed by atoms with E-state index in [1.54, 1.807) is 0 Å². The highest BCUT2D eigenvalue weighted by molar-refractivity contribution is 14.1. The molecular weight excluding hydrogens is 356 g/mol. The van der Waals surface area contributed by atoms with Gasteiger partial charge in [0.25, 0.3) is 0 Å². The molecule has 1 aliphatic heterocycles. The van der Waals surface area contributed by atoms with Gasteiger partial charge in [0.1, 0.15) is 0 Å². The van der Waals surface area contributed by atoms with Gasteiger partial charge in [-0.15, -0.1) is 0 Å². The van der Waals surface area contributed by atoms with Crippen molar-refractivity contribution < 1.29 is 0 Å². The molecule has 0 atom stereocenters. The maximum atomic E-state index is 6.30. The van der Waals surface area contributed by atoms with Gasteiger partial charge in [0, 0.05) is 6.54 Å². The Labute approximate surface area is 120 Å². The molecule has 4 heteroatoms. The van der Waals surface area contributed by atoms with Gasteiger partial charge in [-0.1, -0.05) is 35.7 Å². The molecule has 0 spiro atoms. The normalized spacial score (nSPS) is 17.7. The molecule has 0 bridgehead atoms. The molecule has 2 rings (SSSR count). The summed E-state index contributed by atoms with van der Waals surface area (Å²) in [6, 6.07) is 3.98. The SMILES string of the molecule is Clc1ccc(CN2CCCCC2)c(Cl)c1I. The lowest BCUT2D eigenvalue weighted by Crippen LogP contribution is -2.29. The molecule has 0 saturated carbocycles. The summed E-state index contributed by atoms with van der Waals surface area (Å²) in [5, 5.41) is 1.56. The Morgan fingerprint density at radius 3 is 2.50 bits per heavy atom. The summed E-state index contributed by atoms with van der Waals surface area (Å²) in [6.07, 6.45) is 3.98. The molecular formula is C12H14Cl2IN. The molecule has 88 valence electrons. The summed E-state index contributed by atoms with van der Waals surface area (Å²) in [6.45, 7) is 3.33. The third-order valence-corrected chi connectivity index (χ3v) is 5.46. The van der Waals surface area contributed by atoms with Gasteiger partial charge in [-0.3, -0.25) is 4.90 Å². The topological polar surface area (TPSA) is 3.24 Å². The van der Waals surface area contributed by atoms with Crippen LogP contribution >= 0.6 is 45.8 Å². The van der Waals surface area contributed by atoms with E-state index in [4.69, 9.17) is 23.2 Å². The molecule has 0 N–H and O–H groups in total. The fourth-order valence-electron chi connectivity index (χ4n) is 2.05. The molecule has 0 radical (unpaired) electrons. The third-order valence-electron chi connectivity index (χ3n) is 2.96. The first kappa shape index (κ1) is 12.9. The van der Waals surface area contributed by atoms with Crippen molar-refractivity contribution in [3.8, 4) is 0 Å². The van der Waals surface area contributed by atoms with Crippen molar-refractivity contribution >= 4 is 45.8 Å². The number of hydrogen-bond donors (Lipinski definition) is 0. The van der Waals surface area contributed by atoms with Crippen molar-refractivity contribution in [2.45, 2.75) is 25.8 Å². The van der Waals surface area contributed by atoms with E-state index in [0.29, 0.717) is 0 Å². The maximum Gasteiger partial charge on any atom is 0.0599 e. The van der Waals surface area contributed by atoms with Crippen molar-refractivity contribution in [1.82, 2.24) is 4.90 Å². The van der Waals surface area contributed by atoms with Gasteiger partial charge in [-0.2, -0.15) is 0 Å². The monoisotopic (exact) mass is 369 g/mol. The van der Waals surface area contributed by atoms with Crippen LogP contribution in [0.3, 0.4) is 0 Å². The number of likely N-dealkylation sites (tertiary alicyclic amines) is 1. The van der Waals surface area contributed by atoms with E-state index in [1.807, 2.05) is 12.1 Å². The highest BCUT2D eigenvalue weighted by atomic mass is 127. The fraction of sp³-hybridized carbons (Fsp3) is 0.500. The molecule has 1 saturated heterocycles. The van der Waals surface area contributed by atoms with Crippen LogP contribution in [0, 0.1) is 3.57 Å². The van der Waals surface area contributed by atoms with E-state index in [-0.39, 0.29) is 0 Å². The number of benzene rings is 1. The van der Waals surface area contributed by atoms with Crippen molar-refractivity contribution in [2.24, 2.45) is 0 Å². The molecule has 0 aliphatic carbocycles. The smallest absolute Gasteiger partial charge is 0.0599 e. The van der Waals surface area contributed by atoms with Crippen molar-refractivity contribution in [3.63, 3.8) is 0 Å². The van der Waals surface area contributed by atoms with E-state index in [2.05, 4.69) is 27.5 Å². The summed E-state index contributed by atoms with van der Waals surface area (Å²) in [5.41, 5.74) is 1.19. The molecule has 1 aliphatic rings. The second-order valence-corrected chi connectivity index (χ2v) is 6.04. The van der Waals surface area contributed by atoms with Gasteiger partial charge >= 0.3 is 0 Å². The third kappa shape index (κ3) is 3.03. The van der Waals surface area contributed by atoms with Crippen LogP contribution in [0.5, 0.6) is 0 Å². The summed E-state index contributed by atoms with van der Waals surface area (Å²) < 4.78 is 0.968. The van der Waals surface area contributed by atoms with E-state index in [0.717, 1.165) is 20.2 Å². The first-order chi connectivity index (χ1) is 7.68. The van der Waals surface area contributed by atoms with E-state index < -0.39 is 0 Å². The molecule has 0 aromatic heterocycles. The van der Waals surface area contributed by atoms with Gasteiger partial charge < -0.3 is 0 Å². The zero-order chi connectivity index (χ0) is 11.5. The Morgan fingerprint density at radius 2 is 1.81 bits per heavy atom. The fourth-order valence-corrected chi connectivity index (χ4v) is 3.00. The molecule has 0 unspecified atom stereocenters. The molecule has 1 aromatic rings. The number of hydrogen-bond acceptors (Lipinski definition) is 1. The van der Waals surface area contributed by atoms with Gasteiger partial charge in [-0.05, 0) is 60.2 Å². The van der Waals surface area contributed by atoms with E-state index >= 15 is 0 Å². The summed E-state index contributed by atoms with van der Waals surface area (Å²) in [5.74, 6) is 0. The first-order valence-electron chi connectivity index (χ1n) is 5.53. The molecule has 1 fully saturated rings. The predicted molar refractivity (Wildman–Crippen MR) is 78.3 cm³/mol. The number of nitrogens with zero attached hydrogens (tertiary/aromatic N) is 1. The number of piperidine rings is 1. The van der Waals surface area contributed by atoms with Gasteiger partial charge in [0.05, 0.1) is 13.6 Å². The summed E-state index contributed by atoms with van der Waals surface area (Å²) in [7, 11) is 0. The zero-order valence-corrected chi connectivity index (χ0v) is 12.6. The average molecular weight is 370 g/mol. The van der Waals surface area contributed by atoms with Crippen LogP contribution in [-0.2, 0) is 6.54 Å². The Balaban J connectivity index is 2.11. The predicted octanol–water partition coefficient (Wildman–Crippen LogP) is 4.58. The Morgan fingerprint density at radius 1 is 1.12 bits per heavy atom. The van der Waals surface area contributed by atoms with Crippen molar-refractivity contribution in [3.05, 3.63) is 31.3 Å². The average Bonchev–Trinajstić information content (AvgIpc) is 2.31. The number of rotatable bonds is 2. The van der Waals surface area contributed by atoms with Gasteiger partial charge in [0.2, 0.25) is 0 Å². The minimum absolute atomic E-state index is 0.744. The summed E-state index contributed by atoms with van der Waals surface area (Å²) >= 11 is 14.5. The van der Waals surface area contributed by atoms with Crippen LogP contribution < -0.4 is 0 Å². The van der Waals surface area contributed by atoms with Gasteiger partial charge in [0.15, 0.2) is 0 Å². The van der Waals surface area contributed by atoms with Crippen LogP contribution in [0.1, 0.15) is 24.8 Å². The van der Waals surface area contributed by atoms with Crippen molar-refractivity contribution in [2.75, 3.05) is 13.1 Å². The van der Waals surface area contributed by atoms with Crippen LogP contribution in [0.4, 0.5) is 0 Å². The van der Waals surface area contributed by atoms with Crippen LogP contribution in [0.15, 0.2) is 12.1 Å². The van der Waals surface area contributed by atoms with Gasteiger partial charge in [-0.25, -0.2) is 0 Å². The lowest BCUT2D eigenvalue weighted by Gasteiger charge is -2.26.